The first-order valence-electron chi connectivity index (χ1n) is 6.18. The van der Waals surface area contributed by atoms with E-state index in [1.807, 2.05) is 0 Å². The molecule has 3 heteroatoms. The van der Waals surface area contributed by atoms with Gasteiger partial charge in [0.1, 0.15) is 5.54 Å². The van der Waals surface area contributed by atoms with Crippen LogP contribution in [0.25, 0.3) is 0 Å². The monoisotopic (exact) mass is 210 g/mol. The van der Waals surface area contributed by atoms with Crippen LogP contribution < -0.4 is 5.32 Å². The van der Waals surface area contributed by atoms with E-state index in [2.05, 4.69) is 24.1 Å². The largest absolute Gasteiger partial charge is 0.354 e. The maximum absolute atomic E-state index is 12.0. The first kappa shape index (κ1) is 10.9. The number of piperidine rings is 1. The summed E-state index contributed by atoms with van der Waals surface area (Å²) in [7, 11) is 0. The Morgan fingerprint density at radius 3 is 2.80 bits per heavy atom. The number of amides is 1. The van der Waals surface area contributed by atoms with E-state index in [0.717, 1.165) is 32.5 Å². The van der Waals surface area contributed by atoms with E-state index in [1.54, 1.807) is 0 Å². The van der Waals surface area contributed by atoms with Crippen LogP contribution in [0.3, 0.4) is 0 Å². The van der Waals surface area contributed by atoms with Crippen LogP contribution in [0.4, 0.5) is 0 Å². The summed E-state index contributed by atoms with van der Waals surface area (Å²) in [5, 5.41) is 3.00. The minimum absolute atomic E-state index is 0.136. The highest BCUT2D eigenvalue weighted by Gasteiger charge is 2.47. The van der Waals surface area contributed by atoms with Gasteiger partial charge in [-0.1, -0.05) is 13.8 Å². The van der Waals surface area contributed by atoms with Gasteiger partial charge in [-0.15, -0.1) is 0 Å². The van der Waals surface area contributed by atoms with Gasteiger partial charge in [-0.05, 0) is 38.1 Å². The highest BCUT2D eigenvalue weighted by Crippen LogP contribution is 2.34. The summed E-state index contributed by atoms with van der Waals surface area (Å²) in [4.78, 5) is 14.4. The minimum Gasteiger partial charge on any atom is -0.354 e. The van der Waals surface area contributed by atoms with Crippen LogP contribution in [0.2, 0.25) is 0 Å². The second kappa shape index (κ2) is 4.12. The summed E-state index contributed by atoms with van der Waals surface area (Å²) < 4.78 is 0. The normalized spacial score (nSPS) is 32.6. The predicted octanol–water partition coefficient (Wildman–Crippen LogP) is 1.39. The van der Waals surface area contributed by atoms with Crippen molar-refractivity contribution in [3.05, 3.63) is 0 Å². The quantitative estimate of drug-likeness (QED) is 0.747. The smallest absolute Gasteiger partial charge is 0.240 e. The molecule has 0 aromatic carbocycles. The van der Waals surface area contributed by atoms with Gasteiger partial charge in [-0.3, -0.25) is 9.69 Å². The summed E-state index contributed by atoms with van der Waals surface area (Å²) >= 11 is 0. The van der Waals surface area contributed by atoms with Crippen molar-refractivity contribution in [2.45, 2.75) is 45.1 Å². The molecule has 0 aromatic heterocycles. The molecule has 15 heavy (non-hydrogen) atoms. The van der Waals surface area contributed by atoms with Crippen molar-refractivity contribution in [2.75, 3.05) is 19.6 Å². The lowest BCUT2D eigenvalue weighted by Gasteiger charge is -2.43. The molecule has 2 aliphatic rings. The van der Waals surface area contributed by atoms with Crippen molar-refractivity contribution in [1.29, 1.82) is 0 Å². The number of carbonyl (C=O) groups is 1. The molecule has 86 valence electrons. The number of hydrogen-bond donors (Lipinski definition) is 1. The van der Waals surface area contributed by atoms with Crippen molar-refractivity contribution in [3.8, 4) is 0 Å². The van der Waals surface area contributed by atoms with Crippen molar-refractivity contribution in [2.24, 2.45) is 5.92 Å². The van der Waals surface area contributed by atoms with Crippen LogP contribution >= 0.6 is 0 Å². The summed E-state index contributed by atoms with van der Waals surface area (Å²) in [6.45, 7) is 7.50. The molecule has 0 radical (unpaired) electrons. The lowest BCUT2D eigenvalue weighted by Crippen LogP contribution is -2.57. The summed E-state index contributed by atoms with van der Waals surface area (Å²) in [6.07, 6.45) is 4.54. The minimum atomic E-state index is -0.136. The Hall–Kier alpha value is -0.570. The van der Waals surface area contributed by atoms with Gasteiger partial charge < -0.3 is 5.32 Å². The van der Waals surface area contributed by atoms with Crippen LogP contribution in [0, 0.1) is 5.92 Å². The number of rotatable bonds is 2. The van der Waals surface area contributed by atoms with Gasteiger partial charge in [0.15, 0.2) is 0 Å². The molecule has 0 aliphatic carbocycles. The van der Waals surface area contributed by atoms with E-state index in [0.29, 0.717) is 5.92 Å². The fourth-order valence-corrected chi connectivity index (χ4v) is 3.00. The second-order valence-electron chi connectivity index (χ2n) is 5.33. The molecule has 0 bridgehead atoms. The molecule has 2 saturated heterocycles. The van der Waals surface area contributed by atoms with E-state index in [1.165, 1.54) is 12.8 Å². The number of hydrogen-bond acceptors (Lipinski definition) is 2. The summed E-state index contributed by atoms with van der Waals surface area (Å²) in [6, 6.07) is 0. The molecule has 1 N–H and O–H groups in total. The van der Waals surface area contributed by atoms with Crippen LogP contribution in [-0.2, 0) is 4.79 Å². The summed E-state index contributed by atoms with van der Waals surface area (Å²) in [5.41, 5.74) is -0.136. The fourth-order valence-electron chi connectivity index (χ4n) is 3.00. The average Bonchev–Trinajstić information content (AvgIpc) is 2.53. The predicted molar refractivity (Wildman–Crippen MR) is 60.6 cm³/mol. The second-order valence-corrected chi connectivity index (χ2v) is 5.33. The topological polar surface area (TPSA) is 32.3 Å². The molecule has 2 heterocycles. The zero-order chi connectivity index (χ0) is 10.9. The number of nitrogens with one attached hydrogen (secondary N) is 1. The molecular weight excluding hydrogens is 188 g/mol. The Labute approximate surface area is 92.2 Å². The first-order valence-corrected chi connectivity index (χ1v) is 6.18. The molecule has 1 amide bonds. The molecule has 2 rings (SSSR count). The zero-order valence-corrected chi connectivity index (χ0v) is 9.88. The number of nitrogens with zero attached hydrogens (tertiary/aromatic N) is 1. The van der Waals surface area contributed by atoms with E-state index in [9.17, 15) is 4.79 Å². The highest BCUT2D eigenvalue weighted by atomic mass is 16.2. The lowest BCUT2D eigenvalue weighted by atomic mass is 9.84. The first-order chi connectivity index (χ1) is 7.15. The lowest BCUT2D eigenvalue weighted by molar-refractivity contribution is -0.132. The van der Waals surface area contributed by atoms with Crippen molar-refractivity contribution in [1.82, 2.24) is 10.2 Å². The van der Waals surface area contributed by atoms with Gasteiger partial charge in [-0.25, -0.2) is 0 Å². The number of likely N-dealkylation sites (tertiary alicyclic amines) is 1. The Balaban J connectivity index is 2.14. The number of carbonyl (C=O) groups excluding carboxylic acids is 1. The van der Waals surface area contributed by atoms with Crippen molar-refractivity contribution in [3.63, 3.8) is 0 Å². The maximum Gasteiger partial charge on any atom is 0.240 e. The molecule has 0 aromatic rings. The third kappa shape index (κ3) is 1.89. The van der Waals surface area contributed by atoms with E-state index in [4.69, 9.17) is 0 Å². The van der Waals surface area contributed by atoms with Crippen LogP contribution in [-0.4, -0.2) is 36.0 Å². The summed E-state index contributed by atoms with van der Waals surface area (Å²) in [5.74, 6) is 0.927. The SMILES string of the molecule is CC(C)CN1CCCCC12CCNC2=O. The zero-order valence-electron chi connectivity index (χ0n) is 9.88. The molecule has 1 spiro atoms. The van der Waals surface area contributed by atoms with Gasteiger partial charge in [0.2, 0.25) is 5.91 Å². The van der Waals surface area contributed by atoms with Gasteiger partial charge in [-0.2, -0.15) is 0 Å². The Morgan fingerprint density at radius 1 is 1.40 bits per heavy atom. The Kier molecular flexibility index (Phi) is 3.01. The van der Waals surface area contributed by atoms with E-state index in [-0.39, 0.29) is 11.4 Å². The Morgan fingerprint density at radius 2 is 2.20 bits per heavy atom. The van der Waals surface area contributed by atoms with E-state index < -0.39 is 0 Å². The van der Waals surface area contributed by atoms with Gasteiger partial charge >= 0.3 is 0 Å². The Bertz CT molecular complexity index is 252. The van der Waals surface area contributed by atoms with Crippen LogP contribution in [0.1, 0.15) is 39.5 Å². The molecule has 1 unspecified atom stereocenters. The highest BCUT2D eigenvalue weighted by molar-refractivity contribution is 5.88. The maximum atomic E-state index is 12.0. The van der Waals surface area contributed by atoms with E-state index >= 15 is 0 Å². The molecule has 2 fully saturated rings. The van der Waals surface area contributed by atoms with Gasteiger partial charge in [0.05, 0.1) is 0 Å². The third-order valence-corrected chi connectivity index (χ3v) is 3.71. The van der Waals surface area contributed by atoms with Crippen LogP contribution in [0.15, 0.2) is 0 Å². The molecule has 1 atom stereocenters. The standard InChI is InChI=1S/C12H22N2O/c1-10(2)9-14-8-4-3-5-12(14)6-7-13-11(12)15/h10H,3-9H2,1-2H3,(H,13,15). The fraction of sp³-hybridized carbons (Fsp3) is 0.917. The molecule has 2 aliphatic heterocycles. The van der Waals surface area contributed by atoms with Crippen molar-refractivity contribution >= 4 is 5.91 Å². The third-order valence-electron chi connectivity index (χ3n) is 3.71. The average molecular weight is 210 g/mol. The molecule has 0 saturated carbocycles. The van der Waals surface area contributed by atoms with Crippen molar-refractivity contribution < 1.29 is 4.79 Å². The molecule has 3 nitrogen and oxygen atoms in total. The van der Waals surface area contributed by atoms with Gasteiger partial charge in [0, 0.05) is 13.1 Å². The van der Waals surface area contributed by atoms with Crippen LogP contribution in [0.5, 0.6) is 0 Å². The molecular formula is C12H22N2O. The van der Waals surface area contributed by atoms with Gasteiger partial charge in [0.25, 0.3) is 0 Å².